The third-order valence-electron chi connectivity index (χ3n) is 6.99. The maximum atomic E-state index is 13.3. The van der Waals surface area contributed by atoms with Gasteiger partial charge in [-0.3, -0.25) is 4.79 Å². The van der Waals surface area contributed by atoms with Crippen molar-refractivity contribution in [2.24, 2.45) is 0 Å². The molecule has 0 radical (unpaired) electrons. The molecule has 0 atom stereocenters. The second-order valence-corrected chi connectivity index (χ2v) is 10.0. The molecule has 0 saturated carbocycles. The minimum atomic E-state index is -0.362. The molecule has 8 nitrogen and oxygen atoms in total. The highest BCUT2D eigenvalue weighted by molar-refractivity contribution is 6.31. The molecular formula is C30H27ClFN7O. The first-order chi connectivity index (χ1) is 19.5. The van der Waals surface area contributed by atoms with E-state index in [1.165, 1.54) is 24.3 Å². The minimum absolute atomic E-state index is 0.112. The normalized spacial score (nSPS) is 13.6. The Morgan fingerprint density at radius 2 is 1.62 bits per heavy atom. The number of hydrogen-bond acceptors (Lipinski definition) is 6. The van der Waals surface area contributed by atoms with Gasteiger partial charge in [0.15, 0.2) is 17.0 Å². The van der Waals surface area contributed by atoms with Gasteiger partial charge >= 0.3 is 0 Å². The van der Waals surface area contributed by atoms with E-state index < -0.39 is 0 Å². The first-order valence-corrected chi connectivity index (χ1v) is 13.5. The number of anilines is 2. The van der Waals surface area contributed by atoms with Crippen molar-refractivity contribution in [1.82, 2.24) is 24.4 Å². The van der Waals surface area contributed by atoms with Gasteiger partial charge in [0.1, 0.15) is 5.82 Å². The topological polar surface area (TPSA) is 79.2 Å². The predicted molar refractivity (Wildman–Crippen MR) is 154 cm³/mol. The highest BCUT2D eigenvalue weighted by atomic mass is 35.5. The van der Waals surface area contributed by atoms with E-state index in [-0.39, 0.29) is 11.7 Å². The van der Waals surface area contributed by atoms with Crippen LogP contribution < -0.4 is 10.2 Å². The third kappa shape index (κ3) is 5.46. The predicted octanol–water partition coefficient (Wildman–Crippen LogP) is 5.24. The van der Waals surface area contributed by atoms with Crippen molar-refractivity contribution in [2.45, 2.75) is 13.1 Å². The number of piperazine rings is 1. The maximum Gasteiger partial charge on any atom is 0.253 e. The van der Waals surface area contributed by atoms with Gasteiger partial charge in [0.05, 0.1) is 12.9 Å². The Kier molecular flexibility index (Phi) is 7.29. The summed E-state index contributed by atoms with van der Waals surface area (Å²) in [5.41, 5.74) is 3.97. The van der Waals surface area contributed by atoms with Gasteiger partial charge in [-0.25, -0.2) is 9.37 Å². The summed E-state index contributed by atoms with van der Waals surface area (Å²) in [7, 11) is 0. The number of imidazole rings is 1. The number of amides is 1. The van der Waals surface area contributed by atoms with Crippen molar-refractivity contribution in [1.29, 1.82) is 0 Å². The van der Waals surface area contributed by atoms with Crippen molar-refractivity contribution < 1.29 is 9.18 Å². The summed E-state index contributed by atoms with van der Waals surface area (Å²) in [6.45, 7) is 3.24. The highest BCUT2D eigenvalue weighted by Crippen LogP contribution is 2.26. The monoisotopic (exact) mass is 555 g/mol. The first-order valence-electron chi connectivity index (χ1n) is 13.1. The largest absolute Gasteiger partial charge is 0.364 e. The number of halogens is 2. The molecule has 40 heavy (non-hydrogen) atoms. The standard InChI is InChI=1S/C30H27ClFN7O/c31-25-9-5-4-8-23(25)18-33-27-26-28(39(20-34-26)19-21-6-2-1-3-7-21)36-30(35-27)38-16-14-37(15-17-38)29(40)22-10-12-24(32)13-11-22/h1-13,20H,14-19H2,(H,33,35,36). The van der Waals surface area contributed by atoms with Crippen LogP contribution in [-0.2, 0) is 13.1 Å². The molecule has 0 unspecified atom stereocenters. The van der Waals surface area contributed by atoms with Crippen LogP contribution in [0, 0.1) is 5.82 Å². The Morgan fingerprint density at radius 3 is 2.38 bits per heavy atom. The minimum Gasteiger partial charge on any atom is -0.364 e. The summed E-state index contributed by atoms with van der Waals surface area (Å²) in [5, 5.41) is 4.10. The van der Waals surface area contributed by atoms with Crippen molar-refractivity contribution in [3.05, 3.63) is 113 Å². The van der Waals surface area contributed by atoms with Crippen LogP contribution in [0.1, 0.15) is 21.5 Å². The number of nitrogens with zero attached hydrogens (tertiary/aromatic N) is 6. The number of benzene rings is 3. The Hall–Kier alpha value is -4.50. The molecule has 10 heteroatoms. The Labute approximate surface area is 236 Å². The fraction of sp³-hybridized carbons (Fsp3) is 0.200. The second kappa shape index (κ2) is 11.3. The van der Waals surface area contributed by atoms with E-state index in [2.05, 4.69) is 27.3 Å². The molecule has 0 aliphatic carbocycles. The summed E-state index contributed by atoms with van der Waals surface area (Å²) in [5.74, 6) is 0.716. The Balaban J connectivity index is 1.27. The summed E-state index contributed by atoms with van der Waals surface area (Å²) >= 11 is 6.40. The van der Waals surface area contributed by atoms with E-state index >= 15 is 0 Å². The lowest BCUT2D eigenvalue weighted by Crippen LogP contribution is -2.49. The molecule has 1 N–H and O–H groups in total. The average molecular weight is 556 g/mol. The second-order valence-electron chi connectivity index (χ2n) is 9.63. The first kappa shape index (κ1) is 25.8. The lowest BCUT2D eigenvalue weighted by Gasteiger charge is -2.35. The van der Waals surface area contributed by atoms with Gasteiger partial charge in [0.2, 0.25) is 5.95 Å². The lowest BCUT2D eigenvalue weighted by atomic mass is 10.2. The fourth-order valence-corrected chi connectivity index (χ4v) is 5.00. The molecule has 1 aliphatic rings. The number of carbonyl (C=O) groups is 1. The maximum absolute atomic E-state index is 13.3. The van der Waals surface area contributed by atoms with Crippen molar-refractivity contribution in [3.63, 3.8) is 0 Å². The van der Waals surface area contributed by atoms with E-state index in [1.807, 2.05) is 47.0 Å². The van der Waals surface area contributed by atoms with Crippen LogP contribution in [0.3, 0.4) is 0 Å². The molecule has 2 aromatic heterocycles. The third-order valence-corrected chi connectivity index (χ3v) is 7.36. The smallest absolute Gasteiger partial charge is 0.253 e. The summed E-state index contributed by atoms with van der Waals surface area (Å²) in [6, 6.07) is 23.5. The zero-order valence-electron chi connectivity index (χ0n) is 21.7. The number of nitrogens with one attached hydrogen (secondary N) is 1. The lowest BCUT2D eigenvalue weighted by molar-refractivity contribution is 0.0746. The summed E-state index contributed by atoms with van der Waals surface area (Å²) in [6.07, 6.45) is 1.79. The van der Waals surface area contributed by atoms with Crippen LogP contribution in [-0.4, -0.2) is 56.5 Å². The van der Waals surface area contributed by atoms with Crippen molar-refractivity contribution in [2.75, 3.05) is 36.4 Å². The van der Waals surface area contributed by atoms with Gasteiger partial charge in [-0.1, -0.05) is 60.1 Å². The van der Waals surface area contributed by atoms with Crippen LogP contribution in [0.2, 0.25) is 5.02 Å². The summed E-state index contributed by atoms with van der Waals surface area (Å²) < 4.78 is 15.3. The number of rotatable bonds is 7. The highest BCUT2D eigenvalue weighted by Gasteiger charge is 2.25. The molecule has 3 aromatic carbocycles. The van der Waals surface area contributed by atoms with Crippen molar-refractivity contribution in [3.8, 4) is 0 Å². The van der Waals surface area contributed by atoms with Crippen molar-refractivity contribution >= 4 is 40.4 Å². The van der Waals surface area contributed by atoms with Crippen LogP contribution in [0.4, 0.5) is 16.2 Å². The molecule has 5 aromatic rings. The van der Waals surface area contributed by atoms with E-state index in [0.29, 0.717) is 67.1 Å². The van der Waals surface area contributed by atoms with Gasteiger partial charge in [-0.2, -0.15) is 9.97 Å². The van der Waals surface area contributed by atoms with Gasteiger partial charge in [0, 0.05) is 43.3 Å². The molecule has 202 valence electrons. The van der Waals surface area contributed by atoms with E-state index in [9.17, 15) is 9.18 Å². The number of hydrogen-bond donors (Lipinski definition) is 1. The molecule has 1 fully saturated rings. The van der Waals surface area contributed by atoms with E-state index in [0.717, 1.165) is 16.8 Å². The molecule has 6 rings (SSSR count). The zero-order chi connectivity index (χ0) is 27.5. The van der Waals surface area contributed by atoms with Gasteiger partial charge in [-0.15, -0.1) is 0 Å². The van der Waals surface area contributed by atoms with Gasteiger partial charge < -0.3 is 19.7 Å². The molecular weight excluding hydrogens is 529 g/mol. The number of aromatic nitrogens is 4. The number of carbonyl (C=O) groups excluding carboxylic acids is 1. The quantitative estimate of drug-likeness (QED) is 0.296. The van der Waals surface area contributed by atoms with Crippen LogP contribution >= 0.6 is 11.6 Å². The molecule has 1 amide bonds. The SMILES string of the molecule is O=C(c1ccc(F)cc1)N1CCN(c2nc(NCc3ccccc3Cl)c3ncn(Cc4ccccc4)c3n2)CC1. The Morgan fingerprint density at radius 1 is 0.900 bits per heavy atom. The van der Waals surface area contributed by atoms with Gasteiger partial charge in [-0.05, 0) is 41.5 Å². The number of fused-ring (bicyclic) bond motifs is 1. The van der Waals surface area contributed by atoms with Crippen LogP contribution in [0.5, 0.6) is 0 Å². The average Bonchev–Trinajstić information content (AvgIpc) is 3.40. The van der Waals surface area contributed by atoms with Gasteiger partial charge in [0.25, 0.3) is 5.91 Å². The van der Waals surface area contributed by atoms with E-state index in [4.69, 9.17) is 21.6 Å². The molecule has 1 saturated heterocycles. The van der Waals surface area contributed by atoms with E-state index in [1.54, 1.807) is 11.2 Å². The molecule has 1 aliphatic heterocycles. The molecule has 0 spiro atoms. The fourth-order valence-electron chi connectivity index (χ4n) is 4.80. The summed E-state index contributed by atoms with van der Waals surface area (Å²) in [4.78, 5) is 31.2. The molecule has 0 bridgehead atoms. The van der Waals surface area contributed by atoms with Crippen LogP contribution in [0.15, 0.2) is 85.2 Å². The zero-order valence-corrected chi connectivity index (χ0v) is 22.4. The van der Waals surface area contributed by atoms with Crippen LogP contribution in [0.25, 0.3) is 11.2 Å². The Bertz CT molecular complexity index is 1630. The molecule has 3 heterocycles.